The Morgan fingerprint density at radius 2 is 1.07 bits per heavy atom. The molecule has 1 rings (SSSR count). The van der Waals surface area contributed by atoms with Crippen LogP contribution in [0.2, 0.25) is 0 Å². The number of carbonyl (C=O) groups excluding carboxylic acids is 5. The second-order valence-corrected chi connectivity index (χ2v) is 17.2. The van der Waals surface area contributed by atoms with Gasteiger partial charge in [-0.25, -0.2) is 4.98 Å². The molecule has 0 aromatic carbocycles. The smallest absolute Gasteiger partial charge is 0.320 e. The molecular formula is C47H83N7O13. The fourth-order valence-electron chi connectivity index (χ4n) is 6.77. The van der Waals surface area contributed by atoms with Gasteiger partial charge in [0.1, 0.15) is 19.3 Å². The van der Waals surface area contributed by atoms with Gasteiger partial charge in [-0.3, -0.25) is 38.9 Å². The maximum Gasteiger partial charge on any atom is 0.320 e. The maximum absolute atomic E-state index is 12.8. The van der Waals surface area contributed by atoms with E-state index in [-0.39, 0.29) is 101 Å². The number of H-pyrrole nitrogens is 1. The van der Waals surface area contributed by atoms with Gasteiger partial charge in [0.05, 0.1) is 58.1 Å². The number of nitrogens with one attached hydrogen (secondary N) is 6. The van der Waals surface area contributed by atoms with E-state index in [0.717, 1.165) is 44.2 Å². The van der Waals surface area contributed by atoms with Crippen molar-refractivity contribution in [3.8, 4) is 0 Å². The van der Waals surface area contributed by atoms with Crippen LogP contribution in [0.4, 0.5) is 0 Å². The number of amides is 4. The molecule has 8 N–H and O–H groups in total. The van der Waals surface area contributed by atoms with E-state index >= 15 is 0 Å². The Morgan fingerprint density at radius 3 is 1.58 bits per heavy atom. The van der Waals surface area contributed by atoms with Crippen LogP contribution in [0.25, 0.3) is 0 Å². The summed E-state index contributed by atoms with van der Waals surface area (Å²) in [6.45, 7) is 5.21. The summed E-state index contributed by atoms with van der Waals surface area (Å²) >= 11 is 0. The van der Waals surface area contributed by atoms with E-state index in [4.69, 9.17) is 24.1 Å². The zero-order chi connectivity index (χ0) is 49.2. The van der Waals surface area contributed by atoms with Crippen molar-refractivity contribution in [2.24, 2.45) is 0 Å². The molecule has 20 nitrogen and oxygen atoms in total. The zero-order valence-corrected chi connectivity index (χ0v) is 40.4. The fourth-order valence-corrected chi connectivity index (χ4v) is 6.77. The lowest BCUT2D eigenvalue weighted by Crippen LogP contribution is -2.54. The standard InChI is InChI=1S/C47H83N7O13/c1-47(2,54-42(57)23-22-38-33-48-37-53-38)40(55)34-52-39(46(62)63)19-17-18-24-49-43(58)35-66-31-30-65-28-26-51-44(59)36-67-32-29-64-27-25-50-41(56)20-15-13-11-9-7-5-3-4-6-8-10-12-14-16-21-45(60)61/h33,37,39,52H,3-32,34-36H2,1-2H3,(H,48,53)(H,49,58)(H,50,56)(H,51,59)(H,54,57)(H,60,61)(H,62,63)/t39-/m0/s1. The zero-order valence-electron chi connectivity index (χ0n) is 40.4. The monoisotopic (exact) mass is 954 g/mol. The molecule has 20 heteroatoms. The van der Waals surface area contributed by atoms with Gasteiger partial charge >= 0.3 is 11.9 Å². The van der Waals surface area contributed by atoms with Crippen LogP contribution in [0.3, 0.4) is 0 Å². The predicted octanol–water partition coefficient (Wildman–Crippen LogP) is 3.76. The molecule has 0 fully saturated rings. The topological polar surface area (TPSA) is 286 Å². The Hall–Kier alpha value is -4.50. The van der Waals surface area contributed by atoms with Crippen molar-refractivity contribution in [2.45, 2.75) is 160 Å². The summed E-state index contributed by atoms with van der Waals surface area (Å²) in [6, 6.07) is -0.970. The minimum absolute atomic E-state index is 0.0282. The van der Waals surface area contributed by atoms with Gasteiger partial charge in [0.2, 0.25) is 23.6 Å². The molecule has 0 saturated carbocycles. The number of carboxylic acid groups (broad SMARTS) is 2. The first kappa shape index (κ1) is 60.5. The Kier molecular flexibility index (Phi) is 36.6. The van der Waals surface area contributed by atoms with Gasteiger partial charge in [-0.2, -0.15) is 0 Å². The van der Waals surface area contributed by atoms with E-state index in [1.807, 2.05) is 0 Å². The minimum Gasteiger partial charge on any atom is -0.481 e. The van der Waals surface area contributed by atoms with Crippen LogP contribution in [0, 0.1) is 0 Å². The van der Waals surface area contributed by atoms with Crippen LogP contribution in [0.15, 0.2) is 12.5 Å². The van der Waals surface area contributed by atoms with Crippen molar-refractivity contribution in [1.82, 2.24) is 36.6 Å². The summed E-state index contributed by atoms with van der Waals surface area (Å²) < 4.78 is 21.5. The lowest BCUT2D eigenvalue weighted by atomic mass is 9.98. The number of carboxylic acids is 2. The van der Waals surface area contributed by atoms with E-state index < -0.39 is 23.5 Å². The number of unbranched alkanes of at least 4 members (excludes halogenated alkanes) is 14. The van der Waals surface area contributed by atoms with Crippen LogP contribution in [-0.2, 0) is 58.9 Å². The molecule has 0 bridgehead atoms. The maximum atomic E-state index is 12.8. The molecular weight excluding hydrogens is 871 g/mol. The van der Waals surface area contributed by atoms with Gasteiger partial charge in [0.15, 0.2) is 5.78 Å². The number of imidazole rings is 1. The molecule has 1 atom stereocenters. The number of nitrogens with zero attached hydrogens (tertiary/aromatic N) is 1. The summed E-state index contributed by atoms with van der Waals surface area (Å²) in [6.07, 6.45) is 21.8. The van der Waals surface area contributed by atoms with Crippen molar-refractivity contribution < 1.29 is 62.7 Å². The van der Waals surface area contributed by atoms with Gasteiger partial charge in [0, 0.05) is 50.8 Å². The number of aryl methyl sites for hydroxylation is 1. The lowest BCUT2D eigenvalue weighted by Gasteiger charge is -2.26. The first-order valence-electron chi connectivity index (χ1n) is 24.4. The molecule has 384 valence electrons. The van der Waals surface area contributed by atoms with Crippen molar-refractivity contribution in [3.63, 3.8) is 0 Å². The lowest BCUT2D eigenvalue weighted by molar-refractivity contribution is -0.140. The SMILES string of the molecule is CC(C)(NC(=O)CCc1cnc[nH]1)C(=O)CN[C@@H](CCCCNC(=O)COCCOCCNC(=O)COCCOCCNC(=O)CCCCCCCCCCCCCCCCC(=O)O)C(=O)O. The minimum atomic E-state index is -1.19. The Balaban J connectivity index is 1.88. The Morgan fingerprint density at radius 1 is 0.582 bits per heavy atom. The second-order valence-electron chi connectivity index (χ2n) is 17.2. The first-order chi connectivity index (χ1) is 32.3. The molecule has 4 amide bonds. The highest BCUT2D eigenvalue weighted by molar-refractivity contribution is 5.93. The van der Waals surface area contributed by atoms with Crippen LogP contribution < -0.4 is 26.6 Å². The number of aromatic nitrogens is 2. The van der Waals surface area contributed by atoms with Gasteiger partial charge in [0.25, 0.3) is 0 Å². The molecule has 0 saturated heterocycles. The summed E-state index contributed by atoms with van der Waals surface area (Å²) in [5.74, 6) is -3.05. The third-order valence-corrected chi connectivity index (χ3v) is 10.8. The van der Waals surface area contributed by atoms with Gasteiger partial charge in [-0.1, -0.05) is 77.0 Å². The summed E-state index contributed by atoms with van der Waals surface area (Å²) in [7, 11) is 0. The van der Waals surface area contributed by atoms with Gasteiger partial charge in [-0.05, 0) is 52.4 Å². The second kappa shape index (κ2) is 40.6. The van der Waals surface area contributed by atoms with E-state index in [1.165, 1.54) is 57.7 Å². The van der Waals surface area contributed by atoms with Crippen molar-refractivity contribution in [3.05, 3.63) is 18.2 Å². The highest BCUT2D eigenvalue weighted by Gasteiger charge is 2.30. The first-order valence-corrected chi connectivity index (χ1v) is 24.4. The molecule has 0 radical (unpaired) electrons. The summed E-state index contributed by atoms with van der Waals surface area (Å²) in [5.41, 5.74) is -0.385. The number of aliphatic carboxylic acids is 2. The third-order valence-electron chi connectivity index (χ3n) is 10.8. The number of carbonyl (C=O) groups is 7. The molecule has 0 aliphatic rings. The highest BCUT2D eigenvalue weighted by atomic mass is 16.5. The van der Waals surface area contributed by atoms with E-state index in [1.54, 1.807) is 20.0 Å². The molecule has 0 unspecified atom stereocenters. The Labute approximate surface area is 397 Å². The predicted molar refractivity (Wildman–Crippen MR) is 251 cm³/mol. The fraction of sp³-hybridized carbons (Fsp3) is 0.787. The molecule has 1 aromatic heterocycles. The van der Waals surface area contributed by atoms with E-state index in [9.17, 15) is 38.7 Å². The number of rotatable bonds is 47. The average Bonchev–Trinajstić information content (AvgIpc) is 3.81. The van der Waals surface area contributed by atoms with Crippen LogP contribution in [0.5, 0.6) is 0 Å². The molecule has 1 heterocycles. The number of ether oxygens (including phenoxy) is 4. The highest BCUT2D eigenvalue weighted by Crippen LogP contribution is 2.14. The number of aromatic amines is 1. The average molecular weight is 954 g/mol. The van der Waals surface area contributed by atoms with Crippen molar-refractivity contribution in [1.29, 1.82) is 0 Å². The summed E-state index contributed by atoms with van der Waals surface area (Å²) in [5, 5.41) is 32.0. The van der Waals surface area contributed by atoms with Crippen molar-refractivity contribution in [2.75, 3.05) is 79.0 Å². The molecule has 1 aromatic rings. The van der Waals surface area contributed by atoms with E-state index in [0.29, 0.717) is 52.0 Å². The molecule has 0 aliphatic carbocycles. The number of hydrogen-bond donors (Lipinski definition) is 8. The van der Waals surface area contributed by atoms with Crippen molar-refractivity contribution >= 4 is 41.4 Å². The van der Waals surface area contributed by atoms with E-state index in [2.05, 4.69) is 36.6 Å². The molecule has 0 aliphatic heterocycles. The van der Waals surface area contributed by atoms with Gasteiger partial charge < -0.3 is 55.4 Å². The third kappa shape index (κ3) is 37.2. The number of ketones is 1. The molecule has 67 heavy (non-hydrogen) atoms. The number of hydrogen-bond acceptors (Lipinski definition) is 13. The number of Topliss-reactive ketones (excluding diaryl/α,β-unsaturated/α-hetero) is 1. The summed E-state index contributed by atoms with van der Waals surface area (Å²) in [4.78, 5) is 90.3. The van der Waals surface area contributed by atoms with Crippen LogP contribution >= 0.6 is 0 Å². The quantitative estimate of drug-likeness (QED) is 0.0432. The molecule has 0 spiro atoms. The van der Waals surface area contributed by atoms with Crippen LogP contribution in [0.1, 0.15) is 148 Å². The normalized spacial score (nSPS) is 11.8. The largest absolute Gasteiger partial charge is 0.481 e. The van der Waals surface area contributed by atoms with Gasteiger partial charge in [-0.15, -0.1) is 0 Å². The van der Waals surface area contributed by atoms with Crippen LogP contribution in [-0.4, -0.2) is 152 Å². The Bertz CT molecular complexity index is 1500.